The highest BCUT2D eigenvalue weighted by atomic mass is 16.3. The normalized spacial score (nSPS) is 29.5. The average Bonchev–Trinajstić information content (AvgIpc) is 3.39. The zero-order chi connectivity index (χ0) is 31.1. The van der Waals surface area contributed by atoms with E-state index in [-0.39, 0.29) is 29.7 Å². The van der Waals surface area contributed by atoms with Crippen molar-refractivity contribution in [1.29, 1.82) is 0 Å². The maximum absolute atomic E-state index is 14.1. The topological polar surface area (TPSA) is 168 Å². The summed E-state index contributed by atoms with van der Waals surface area (Å²) in [4.78, 5) is 45.5. The molecule has 1 saturated carbocycles. The van der Waals surface area contributed by atoms with Gasteiger partial charge in [0, 0.05) is 42.6 Å². The fourth-order valence-corrected chi connectivity index (χ4v) is 7.79. The minimum Gasteiger partial charge on any atom is -0.508 e. The second kappa shape index (κ2) is 10.2. The lowest BCUT2D eigenvalue weighted by Crippen LogP contribution is -2.65. The van der Waals surface area contributed by atoms with Gasteiger partial charge in [-0.3, -0.25) is 24.2 Å². The van der Waals surface area contributed by atoms with Gasteiger partial charge < -0.3 is 31.1 Å². The molecule has 6 N–H and O–H groups in total. The largest absolute Gasteiger partial charge is 0.508 e. The number of phenolic OH excluding ortho intramolecular Hbond substituents is 1. The van der Waals surface area contributed by atoms with Crippen molar-refractivity contribution < 1.29 is 34.8 Å². The number of hydrogen-bond acceptors (Lipinski definition) is 10. The molecule has 6 rings (SSSR count). The number of phenols is 1. The molecule has 3 aliphatic carbocycles. The number of nitrogens with two attached hydrogens (primary N) is 1. The molecule has 4 aliphatic rings. The molecule has 1 heterocycles. The molecule has 1 amide bonds. The zero-order valence-electron chi connectivity index (χ0n) is 24.8. The predicted octanol–water partition coefficient (Wildman–Crippen LogP) is 1.25. The number of aromatic hydroxyl groups is 1. The second-order valence-corrected chi connectivity index (χ2v) is 12.9. The molecule has 0 unspecified atom stereocenters. The highest BCUT2D eigenvalue weighted by Crippen LogP contribution is 2.53. The zero-order valence-corrected chi connectivity index (χ0v) is 24.8. The summed E-state index contributed by atoms with van der Waals surface area (Å²) < 4.78 is 0. The average molecular weight is 591 g/mol. The number of benzene rings is 2. The minimum absolute atomic E-state index is 0.0628. The van der Waals surface area contributed by atoms with Crippen LogP contribution in [0.1, 0.15) is 29.5 Å². The molecule has 2 aromatic carbocycles. The standard InChI is InChI=1S/C32H38N4O7/c1-34(2)19-7-8-36(14-19)13-15-5-6-16-10-17-11-18-12-21-25(35(3)4)28(39)24(31(33)42)30(41)32(21,43)29(40)23(18)27(38)22(17)26(37)20(16)9-15/h5-6,9-10,18-19,21,25,37-38,41,43H,7-8,11-14H2,1-4H3,(H2,33,42)/t18-,19-,21-,25-,32-/m0/s1. The second-order valence-electron chi connectivity index (χ2n) is 12.9. The molecule has 0 radical (unpaired) electrons. The first kappa shape index (κ1) is 29.3. The Morgan fingerprint density at radius 1 is 1.09 bits per heavy atom. The number of Topliss-reactive ketones (excluding diaryl/α,β-unsaturated/α-hetero) is 2. The molecule has 0 aromatic heterocycles. The van der Waals surface area contributed by atoms with Crippen molar-refractivity contribution >= 4 is 34.0 Å². The lowest BCUT2D eigenvalue weighted by Gasteiger charge is -2.50. The molecular weight excluding hydrogens is 552 g/mol. The van der Waals surface area contributed by atoms with Crippen molar-refractivity contribution in [3.8, 4) is 5.75 Å². The Bertz CT molecular complexity index is 1640. The molecule has 1 saturated heterocycles. The van der Waals surface area contributed by atoms with Gasteiger partial charge >= 0.3 is 0 Å². The van der Waals surface area contributed by atoms with E-state index in [0.29, 0.717) is 23.5 Å². The van der Waals surface area contributed by atoms with Gasteiger partial charge in [0.15, 0.2) is 11.4 Å². The van der Waals surface area contributed by atoms with Gasteiger partial charge in [-0.05, 0) is 76.0 Å². The van der Waals surface area contributed by atoms with Gasteiger partial charge in [-0.25, -0.2) is 0 Å². The van der Waals surface area contributed by atoms with Crippen molar-refractivity contribution in [3.05, 3.63) is 57.9 Å². The Morgan fingerprint density at radius 3 is 2.44 bits per heavy atom. The van der Waals surface area contributed by atoms with Crippen LogP contribution in [0.15, 0.2) is 41.2 Å². The number of likely N-dealkylation sites (tertiary alicyclic amines) is 1. The Morgan fingerprint density at radius 2 is 1.81 bits per heavy atom. The minimum atomic E-state index is -2.65. The maximum Gasteiger partial charge on any atom is 0.255 e. The lowest BCUT2D eigenvalue weighted by molar-refractivity contribution is -0.153. The number of likely N-dealkylation sites (N-methyl/N-ethyl adjacent to an activating group) is 2. The van der Waals surface area contributed by atoms with Crippen LogP contribution in [-0.2, 0) is 27.3 Å². The third-order valence-corrected chi connectivity index (χ3v) is 9.97. The number of amides is 1. The molecule has 11 nitrogen and oxygen atoms in total. The molecule has 0 spiro atoms. The van der Waals surface area contributed by atoms with E-state index in [1.165, 1.54) is 4.90 Å². The first-order chi connectivity index (χ1) is 20.2. The number of hydrogen-bond donors (Lipinski definition) is 5. The Hall–Kier alpha value is -3.77. The summed E-state index contributed by atoms with van der Waals surface area (Å²) in [6.07, 6.45) is 1.41. The molecule has 43 heavy (non-hydrogen) atoms. The molecule has 2 aromatic rings. The lowest BCUT2D eigenvalue weighted by atomic mass is 9.57. The number of aliphatic hydroxyl groups is 3. The van der Waals surface area contributed by atoms with E-state index in [1.54, 1.807) is 14.1 Å². The van der Waals surface area contributed by atoms with Crippen LogP contribution in [0.25, 0.3) is 16.5 Å². The summed E-state index contributed by atoms with van der Waals surface area (Å²) in [6, 6.07) is 7.15. The SMILES string of the molecule is CN(C)[C@H]1CCN(Cc2ccc3cc4c(c(O)c3c2)C(O)=C2C(=O)[C@]3(O)C(O)=C(C(N)=O)C(=O)[C@@H](N(C)C)[C@@H]3C[C@@H]2C4)C1. The number of rotatable bonds is 5. The van der Waals surface area contributed by atoms with E-state index < -0.39 is 58.0 Å². The van der Waals surface area contributed by atoms with E-state index in [4.69, 9.17) is 5.73 Å². The Labute approximate surface area is 249 Å². The van der Waals surface area contributed by atoms with Crippen LogP contribution in [0.3, 0.4) is 0 Å². The first-order valence-electron chi connectivity index (χ1n) is 14.6. The van der Waals surface area contributed by atoms with Crippen LogP contribution < -0.4 is 5.73 Å². The third kappa shape index (κ3) is 4.28. The van der Waals surface area contributed by atoms with Crippen LogP contribution in [-0.4, -0.2) is 112 Å². The quantitative estimate of drug-likeness (QED) is 0.320. The number of carbonyl (C=O) groups excluding carboxylic acids is 3. The fraction of sp³-hybridized carbons (Fsp3) is 0.469. The maximum atomic E-state index is 14.1. The number of fused-ring (bicyclic) bond motifs is 4. The fourth-order valence-electron chi connectivity index (χ4n) is 7.79. The van der Waals surface area contributed by atoms with Crippen molar-refractivity contribution in [2.75, 3.05) is 41.3 Å². The van der Waals surface area contributed by atoms with Crippen molar-refractivity contribution in [1.82, 2.24) is 14.7 Å². The van der Waals surface area contributed by atoms with Gasteiger partial charge in [0.2, 0.25) is 5.78 Å². The molecule has 5 atom stereocenters. The monoisotopic (exact) mass is 590 g/mol. The summed E-state index contributed by atoms with van der Waals surface area (Å²) in [7, 11) is 7.32. The van der Waals surface area contributed by atoms with Gasteiger partial charge in [-0.1, -0.05) is 18.2 Å². The summed E-state index contributed by atoms with van der Waals surface area (Å²) >= 11 is 0. The van der Waals surface area contributed by atoms with E-state index >= 15 is 0 Å². The number of primary amides is 1. The van der Waals surface area contributed by atoms with Crippen molar-refractivity contribution in [2.24, 2.45) is 17.6 Å². The van der Waals surface area contributed by atoms with E-state index in [2.05, 4.69) is 23.9 Å². The summed E-state index contributed by atoms with van der Waals surface area (Å²) in [5, 5.41) is 47.2. The molecule has 0 bridgehead atoms. The molecule has 228 valence electrons. The highest BCUT2D eigenvalue weighted by Gasteiger charge is 2.64. The third-order valence-electron chi connectivity index (χ3n) is 9.97. The van der Waals surface area contributed by atoms with E-state index in [0.717, 1.165) is 30.5 Å². The van der Waals surface area contributed by atoms with Crippen LogP contribution in [0.5, 0.6) is 5.75 Å². The molecule has 2 fully saturated rings. The van der Waals surface area contributed by atoms with Gasteiger partial charge in [-0.15, -0.1) is 0 Å². The van der Waals surface area contributed by atoms with Crippen molar-refractivity contribution in [2.45, 2.75) is 43.5 Å². The van der Waals surface area contributed by atoms with Crippen LogP contribution >= 0.6 is 0 Å². The summed E-state index contributed by atoms with van der Waals surface area (Å²) in [6.45, 7) is 2.62. The predicted molar refractivity (Wildman–Crippen MR) is 159 cm³/mol. The summed E-state index contributed by atoms with van der Waals surface area (Å²) in [5.41, 5.74) is 3.53. The Kier molecular flexibility index (Phi) is 6.92. The van der Waals surface area contributed by atoms with Gasteiger partial charge in [-0.2, -0.15) is 0 Å². The highest BCUT2D eigenvalue weighted by molar-refractivity contribution is 6.24. The van der Waals surface area contributed by atoms with Gasteiger partial charge in [0.1, 0.15) is 22.8 Å². The van der Waals surface area contributed by atoms with Crippen LogP contribution in [0.2, 0.25) is 0 Å². The first-order valence-corrected chi connectivity index (χ1v) is 14.6. The number of carbonyl (C=O) groups is 3. The smallest absolute Gasteiger partial charge is 0.255 e. The van der Waals surface area contributed by atoms with Crippen molar-refractivity contribution in [3.63, 3.8) is 0 Å². The van der Waals surface area contributed by atoms with Gasteiger partial charge in [0.25, 0.3) is 5.91 Å². The summed E-state index contributed by atoms with van der Waals surface area (Å²) in [5.74, 6) is -6.46. The van der Waals surface area contributed by atoms with Crippen LogP contribution in [0.4, 0.5) is 0 Å². The van der Waals surface area contributed by atoms with Gasteiger partial charge in [0.05, 0.1) is 11.6 Å². The number of ketones is 2. The Balaban J connectivity index is 1.43. The number of nitrogens with zero attached hydrogens (tertiary/aromatic N) is 3. The van der Waals surface area contributed by atoms with E-state index in [1.807, 2.05) is 24.3 Å². The molecular formula is C32H38N4O7. The van der Waals surface area contributed by atoms with E-state index in [9.17, 15) is 34.8 Å². The number of aliphatic hydroxyl groups excluding tert-OH is 2. The molecule has 11 heteroatoms. The van der Waals surface area contributed by atoms with Crippen LogP contribution in [0, 0.1) is 11.8 Å². The molecule has 1 aliphatic heterocycles.